The average Bonchev–Trinajstić information content (AvgIpc) is 2.99. The molecule has 0 aliphatic heterocycles. The summed E-state index contributed by atoms with van der Waals surface area (Å²) in [5.41, 5.74) is 0. The minimum atomic E-state index is -1.16. The first-order valence-corrected chi connectivity index (χ1v) is 6.43. The average molecular weight is 264 g/mol. The molecular formula is C13H12O4S. The molecule has 2 rings (SSSR count). The Labute approximate surface area is 108 Å². The Balaban J connectivity index is 1.85. The van der Waals surface area contributed by atoms with Crippen molar-refractivity contribution in [3.8, 4) is 0 Å². The van der Waals surface area contributed by atoms with Crippen LogP contribution in [0.1, 0.15) is 38.8 Å². The summed E-state index contributed by atoms with van der Waals surface area (Å²) >= 11 is 1.67. The maximum atomic E-state index is 11.7. The predicted octanol–water partition coefficient (Wildman–Crippen LogP) is 3.24. The van der Waals surface area contributed by atoms with Gasteiger partial charge >= 0.3 is 5.97 Å². The SMILES string of the molecule is O=C(O)c1ccc(C(=O)CCCc2cccs2)o1. The lowest BCUT2D eigenvalue weighted by atomic mass is 10.1. The third-order valence-corrected chi connectivity index (χ3v) is 3.43. The van der Waals surface area contributed by atoms with Crippen molar-refractivity contribution in [1.29, 1.82) is 0 Å². The molecule has 0 radical (unpaired) electrons. The number of aromatic carboxylic acids is 1. The van der Waals surface area contributed by atoms with Gasteiger partial charge in [0.25, 0.3) is 0 Å². The molecule has 0 amide bonds. The molecule has 0 aliphatic rings. The number of furan rings is 1. The number of carbonyl (C=O) groups excluding carboxylic acids is 1. The molecule has 0 fully saturated rings. The first kappa shape index (κ1) is 12.6. The predicted molar refractivity (Wildman–Crippen MR) is 67.3 cm³/mol. The molecule has 18 heavy (non-hydrogen) atoms. The topological polar surface area (TPSA) is 67.5 Å². The van der Waals surface area contributed by atoms with Gasteiger partial charge in [0.05, 0.1) is 0 Å². The Morgan fingerprint density at radius 3 is 2.61 bits per heavy atom. The third kappa shape index (κ3) is 3.07. The molecule has 4 nitrogen and oxygen atoms in total. The van der Waals surface area contributed by atoms with E-state index >= 15 is 0 Å². The molecular weight excluding hydrogens is 252 g/mol. The van der Waals surface area contributed by atoms with E-state index in [4.69, 9.17) is 9.52 Å². The number of thiophene rings is 1. The summed E-state index contributed by atoms with van der Waals surface area (Å²) in [4.78, 5) is 23.6. The molecule has 0 saturated heterocycles. The lowest BCUT2D eigenvalue weighted by Crippen LogP contribution is -1.98. The molecule has 0 aliphatic carbocycles. The Kier molecular flexibility index (Phi) is 3.94. The van der Waals surface area contributed by atoms with Gasteiger partial charge in [0.15, 0.2) is 11.5 Å². The van der Waals surface area contributed by atoms with Crippen molar-refractivity contribution >= 4 is 23.1 Å². The fraction of sp³-hybridized carbons (Fsp3) is 0.231. The van der Waals surface area contributed by atoms with Crippen LogP contribution >= 0.6 is 11.3 Å². The van der Waals surface area contributed by atoms with Gasteiger partial charge in [0.2, 0.25) is 5.76 Å². The number of aryl methyl sites for hydroxylation is 1. The molecule has 2 aromatic heterocycles. The van der Waals surface area contributed by atoms with E-state index in [1.54, 1.807) is 11.3 Å². The summed E-state index contributed by atoms with van der Waals surface area (Å²) < 4.78 is 4.95. The Morgan fingerprint density at radius 2 is 2.00 bits per heavy atom. The summed E-state index contributed by atoms with van der Waals surface area (Å²) in [6, 6.07) is 6.73. The van der Waals surface area contributed by atoms with Crippen molar-refractivity contribution < 1.29 is 19.1 Å². The van der Waals surface area contributed by atoms with E-state index in [0.717, 1.165) is 12.8 Å². The van der Waals surface area contributed by atoms with Gasteiger partial charge in [-0.3, -0.25) is 4.79 Å². The van der Waals surface area contributed by atoms with Crippen LogP contribution in [-0.2, 0) is 6.42 Å². The second-order valence-electron chi connectivity index (χ2n) is 3.83. The molecule has 0 spiro atoms. The largest absolute Gasteiger partial charge is 0.475 e. The molecule has 0 atom stereocenters. The highest BCUT2D eigenvalue weighted by Crippen LogP contribution is 2.15. The standard InChI is InChI=1S/C13H12O4S/c14-10(5-1-3-9-4-2-8-18-9)11-6-7-12(17-11)13(15)16/h2,4,6-8H,1,3,5H2,(H,15,16). The van der Waals surface area contributed by atoms with Crippen LogP contribution in [0.4, 0.5) is 0 Å². The van der Waals surface area contributed by atoms with Crippen molar-refractivity contribution in [2.75, 3.05) is 0 Å². The van der Waals surface area contributed by atoms with Crippen molar-refractivity contribution in [2.24, 2.45) is 0 Å². The zero-order valence-electron chi connectivity index (χ0n) is 9.59. The van der Waals surface area contributed by atoms with E-state index in [2.05, 4.69) is 0 Å². The molecule has 2 heterocycles. The van der Waals surface area contributed by atoms with Crippen molar-refractivity contribution in [3.63, 3.8) is 0 Å². The monoisotopic (exact) mass is 264 g/mol. The van der Waals surface area contributed by atoms with E-state index < -0.39 is 5.97 Å². The molecule has 0 bridgehead atoms. The lowest BCUT2D eigenvalue weighted by Gasteiger charge is -1.97. The van der Waals surface area contributed by atoms with Crippen molar-refractivity contribution in [1.82, 2.24) is 0 Å². The molecule has 94 valence electrons. The van der Waals surface area contributed by atoms with Gasteiger partial charge in [-0.05, 0) is 36.4 Å². The molecule has 5 heteroatoms. The summed E-state index contributed by atoms with van der Waals surface area (Å²) in [6.45, 7) is 0. The minimum Gasteiger partial charge on any atom is -0.475 e. The van der Waals surface area contributed by atoms with E-state index in [1.807, 2.05) is 17.5 Å². The van der Waals surface area contributed by atoms with Crippen LogP contribution in [0.5, 0.6) is 0 Å². The lowest BCUT2D eigenvalue weighted by molar-refractivity contribution is 0.0660. The first-order valence-electron chi connectivity index (χ1n) is 5.55. The second-order valence-corrected chi connectivity index (χ2v) is 4.86. The third-order valence-electron chi connectivity index (χ3n) is 2.50. The van der Waals surface area contributed by atoms with Crippen LogP contribution < -0.4 is 0 Å². The summed E-state index contributed by atoms with van der Waals surface area (Å²) in [6.07, 6.45) is 1.96. The summed E-state index contributed by atoms with van der Waals surface area (Å²) in [5.74, 6) is -1.39. The molecule has 0 aromatic carbocycles. The number of hydrogen-bond acceptors (Lipinski definition) is 4. The van der Waals surface area contributed by atoms with Gasteiger partial charge in [-0.15, -0.1) is 11.3 Å². The second kappa shape index (κ2) is 5.64. The maximum Gasteiger partial charge on any atom is 0.371 e. The molecule has 0 unspecified atom stereocenters. The Morgan fingerprint density at radius 1 is 1.22 bits per heavy atom. The zero-order valence-corrected chi connectivity index (χ0v) is 10.4. The number of carboxylic acid groups (broad SMARTS) is 1. The van der Waals surface area contributed by atoms with E-state index in [0.29, 0.717) is 6.42 Å². The van der Waals surface area contributed by atoms with Crippen LogP contribution in [-0.4, -0.2) is 16.9 Å². The quantitative estimate of drug-likeness (QED) is 0.813. The van der Waals surface area contributed by atoms with Crippen LogP contribution in [0.25, 0.3) is 0 Å². The highest BCUT2D eigenvalue weighted by molar-refractivity contribution is 7.09. The Bertz CT molecular complexity index is 539. The van der Waals surface area contributed by atoms with Crippen LogP contribution in [0, 0.1) is 0 Å². The first-order chi connectivity index (χ1) is 8.66. The molecule has 2 aromatic rings. The van der Waals surface area contributed by atoms with Crippen LogP contribution in [0.15, 0.2) is 34.1 Å². The summed E-state index contributed by atoms with van der Waals surface area (Å²) in [7, 11) is 0. The Hall–Kier alpha value is -1.88. The highest BCUT2D eigenvalue weighted by atomic mass is 32.1. The van der Waals surface area contributed by atoms with E-state index in [-0.39, 0.29) is 17.3 Å². The fourth-order valence-electron chi connectivity index (χ4n) is 1.60. The summed E-state index contributed by atoms with van der Waals surface area (Å²) in [5, 5.41) is 10.7. The van der Waals surface area contributed by atoms with Gasteiger partial charge in [-0.2, -0.15) is 0 Å². The molecule has 0 saturated carbocycles. The van der Waals surface area contributed by atoms with Gasteiger partial charge in [0.1, 0.15) is 0 Å². The normalized spacial score (nSPS) is 10.4. The number of hydrogen-bond donors (Lipinski definition) is 1. The number of rotatable bonds is 6. The van der Waals surface area contributed by atoms with Crippen LogP contribution in [0.2, 0.25) is 0 Å². The van der Waals surface area contributed by atoms with Crippen LogP contribution in [0.3, 0.4) is 0 Å². The number of carboxylic acids is 1. The van der Waals surface area contributed by atoms with E-state index in [1.165, 1.54) is 17.0 Å². The maximum absolute atomic E-state index is 11.7. The minimum absolute atomic E-state index is 0.124. The highest BCUT2D eigenvalue weighted by Gasteiger charge is 2.14. The van der Waals surface area contributed by atoms with E-state index in [9.17, 15) is 9.59 Å². The van der Waals surface area contributed by atoms with Gasteiger partial charge in [0, 0.05) is 11.3 Å². The van der Waals surface area contributed by atoms with Gasteiger partial charge < -0.3 is 9.52 Å². The van der Waals surface area contributed by atoms with Gasteiger partial charge in [-0.1, -0.05) is 6.07 Å². The van der Waals surface area contributed by atoms with Crippen molar-refractivity contribution in [2.45, 2.75) is 19.3 Å². The number of carbonyl (C=O) groups is 2. The number of ketones is 1. The fourth-order valence-corrected chi connectivity index (χ4v) is 2.36. The molecule has 1 N–H and O–H groups in total. The van der Waals surface area contributed by atoms with Crippen molar-refractivity contribution in [3.05, 3.63) is 46.0 Å². The number of Topliss-reactive ketones (excluding diaryl/α,β-unsaturated/α-hetero) is 1. The van der Waals surface area contributed by atoms with Gasteiger partial charge in [-0.25, -0.2) is 4.79 Å². The zero-order chi connectivity index (χ0) is 13.0. The smallest absolute Gasteiger partial charge is 0.371 e.